The van der Waals surface area contributed by atoms with Crippen molar-refractivity contribution in [3.63, 3.8) is 0 Å². The molecular formula is C31H36O9. The molecule has 0 radical (unpaired) electrons. The van der Waals surface area contributed by atoms with E-state index in [9.17, 15) is 14.7 Å². The third-order valence-electron chi connectivity index (χ3n) is 6.76. The van der Waals surface area contributed by atoms with E-state index >= 15 is 0 Å². The zero-order valence-electron chi connectivity index (χ0n) is 23.4. The van der Waals surface area contributed by atoms with E-state index in [0.29, 0.717) is 17.5 Å². The Bertz CT molecular complexity index is 1250. The van der Waals surface area contributed by atoms with Crippen LogP contribution in [0, 0.1) is 5.92 Å². The Morgan fingerprint density at radius 2 is 1.85 bits per heavy atom. The van der Waals surface area contributed by atoms with Gasteiger partial charge in [0.05, 0.1) is 11.7 Å². The van der Waals surface area contributed by atoms with Gasteiger partial charge in [-0.1, -0.05) is 43.4 Å². The highest BCUT2D eigenvalue weighted by Gasteiger charge is 2.45. The van der Waals surface area contributed by atoms with Gasteiger partial charge in [-0.15, -0.1) is 0 Å². The average molecular weight is 553 g/mol. The van der Waals surface area contributed by atoms with Crippen LogP contribution in [0.3, 0.4) is 0 Å². The summed E-state index contributed by atoms with van der Waals surface area (Å²) < 4.78 is 34.8. The number of carbonyl (C=O) groups is 2. The fraction of sp³-hybridized carbons (Fsp3) is 0.419. The molecule has 4 rings (SSSR count). The van der Waals surface area contributed by atoms with E-state index in [1.165, 1.54) is 19.2 Å². The number of hydrogen-bond acceptors (Lipinski definition) is 9. The van der Waals surface area contributed by atoms with Crippen LogP contribution in [0.2, 0.25) is 0 Å². The van der Waals surface area contributed by atoms with Gasteiger partial charge in [0.15, 0.2) is 12.6 Å². The maximum atomic E-state index is 13.4. The first-order chi connectivity index (χ1) is 19.1. The third kappa shape index (κ3) is 7.10. The van der Waals surface area contributed by atoms with Crippen molar-refractivity contribution in [1.82, 2.24) is 0 Å². The van der Waals surface area contributed by atoms with E-state index in [1.54, 1.807) is 43.3 Å². The van der Waals surface area contributed by atoms with E-state index in [1.807, 2.05) is 39.0 Å². The molecule has 4 unspecified atom stereocenters. The normalized spacial score (nSPS) is 27.0. The smallest absolute Gasteiger partial charge is 0.342 e. The summed E-state index contributed by atoms with van der Waals surface area (Å²) in [5.41, 5.74) is 0.995. The van der Waals surface area contributed by atoms with Crippen molar-refractivity contribution in [2.24, 2.45) is 5.92 Å². The number of methoxy groups -OCH3 is 1. The molecule has 2 aliphatic heterocycles. The number of ether oxygens (including phenoxy) is 6. The molecule has 0 spiro atoms. The van der Waals surface area contributed by atoms with Gasteiger partial charge < -0.3 is 33.5 Å². The van der Waals surface area contributed by atoms with Crippen LogP contribution in [0.25, 0.3) is 6.08 Å². The summed E-state index contributed by atoms with van der Waals surface area (Å²) >= 11 is 0. The zero-order valence-corrected chi connectivity index (χ0v) is 23.4. The minimum absolute atomic E-state index is 0.0832. The molecule has 0 amide bonds. The number of phenolic OH excluding ortho intramolecular Hbond substituents is 1. The maximum Gasteiger partial charge on any atom is 0.342 e. The number of esters is 2. The van der Waals surface area contributed by atoms with Crippen molar-refractivity contribution in [3.05, 3.63) is 77.4 Å². The van der Waals surface area contributed by atoms with Gasteiger partial charge in [-0.25, -0.2) is 9.59 Å². The minimum atomic E-state index is -0.919. The molecule has 9 nitrogen and oxygen atoms in total. The van der Waals surface area contributed by atoms with Crippen LogP contribution in [0.1, 0.15) is 60.4 Å². The van der Waals surface area contributed by atoms with Crippen molar-refractivity contribution in [2.45, 2.75) is 64.3 Å². The molecule has 2 aromatic rings. The first kappa shape index (κ1) is 29.3. The second-order valence-electron chi connectivity index (χ2n) is 10.3. The predicted octanol–water partition coefficient (Wildman–Crippen LogP) is 5.28. The van der Waals surface area contributed by atoms with Crippen molar-refractivity contribution in [1.29, 1.82) is 0 Å². The largest absolute Gasteiger partial charge is 0.508 e. The topological polar surface area (TPSA) is 110 Å². The van der Waals surface area contributed by atoms with E-state index in [-0.39, 0.29) is 29.8 Å². The highest BCUT2D eigenvalue weighted by Crippen LogP contribution is 2.35. The van der Waals surface area contributed by atoms with Gasteiger partial charge in [0.1, 0.15) is 35.4 Å². The number of cyclic esters (lactones) is 1. The number of benzene rings is 2. The Hall–Kier alpha value is -3.66. The SMILES string of the molecule is COCOc1cc(O)cc2c1C(=O)OC(C)[C@H](C)/C=C\C(OC(=O)c1ccccc1)C1OC(C)(C)OC1CC=C2. The van der Waals surface area contributed by atoms with Gasteiger partial charge in [-0.2, -0.15) is 0 Å². The molecule has 2 aliphatic rings. The first-order valence-electron chi connectivity index (χ1n) is 13.2. The van der Waals surface area contributed by atoms with Crippen LogP contribution in [0.15, 0.2) is 60.7 Å². The number of aromatic hydroxyl groups is 1. The summed E-state index contributed by atoms with van der Waals surface area (Å²) in [6, 6.07) is 11.6. The molecule has 0 saturated carbocycles. The Morgan fingerprint density at radius 3 is 2.58 bits per heavy atom. The zero-order chi connectivity index (χ0) is 28.9. The molecule has 2 heterocycles. The summed E-state index contributed by atoms with van der Waals surface area (Å²) in [6.45, 7) is 7.16. The van der Waals surface area contributed by atoms with Crippen molar-refractivity contribution < 1.29 is 43.1 Å². The summed E-state index contributed by atoms with van der Waals surface area (Å²) in [6.07, 6.45) is 5.08. The van der Waals surface area contributed by atoms with Crippen LogP contribution in [0.5, 0.6) is 11.5 Å². The molecule has 214 valence electrons. The predicted molar refractivity (Wildman–Crippen MR) is 147 cm³/mol. The van der Waals surface area contributed by atoms with Crippen molar-refractivity contribution in [2.75, 3.05) is 13.9 Å². The molecule has 0 aliphatic carbocycles. The minimum Gasteiger partial charge on any atom is -0.508 e. The standard InChI is InChI=1S/C31H36O9/c1-19-14-15-24(38-29(33)21-10-7-6-8-11-21)28-25(39-31(3,4)40-28)13-9-12-22-16-23(32)17-26(36-18-35-5)27(22)30(34)37-20(19)2/h6-12,14-17,19-20,24-25,28,32H,13,18H2,1-5H3/b12-9?,15-14-/t19-,20?,24?,25?,28?/m1/s1. The van der Waals surface area contributed by atoms with Crippen LogP contribution >= 0.6 is 0 Å². The Labute approximate surface area is 234 Å². The number of rotatable bonds is 5. The fourth-order valence-corrected chi connectivity index (χ4v) is 4.62. The van der Waals surface area contributed by atoms with E-state index < -0.39 is 42.1 Å². The Kier molecular flexibility index (Phi) is 9.29. The lowest BCUT2D eigenvalue weighted by Gasteiger charge is -2.25. The summed E-state index contributed by atoms with van der Waals surface area (Å²) in [4.78, 5) is 26.4. The third-order valence-corrected chi connectivity index (χ3v) is 6.76. The molecule has 40 heavy (non-hydrogen) atoms. The van der Waals surface area contributed by atoms with Crippen molar-refractivity contribution >= 4 is 18.0 Å². The Balaban J connectivity index is 1.73. The van der Waals surface area contributed by atoms with Crippen LogP contribution in [0.4, 0.5) is 0 Å². The number of carbonyl (C=O) groups excluding carboxylic acids is 2. The van der Waals surface area contributed by atoms with Gasteiger partial charge >= 0.3 is 11.9 Å². The van der Waals surface area contributed by atoms with Crippen LogP contribution in [-0.2, 0) is 23.7 Å². The summed E-state index contributed by atoms with van der Waals surface area (Å²) in [5, 5.41) is 10.3. The lowest BCUT2D eigenvalue weighted by atomic mass is 9.98. The lowest BCUT2D eigenvalue weighted by Crippen LogP contribution is -2.37. The van der Waals surface area contributed by atoms with Gasteiger partial charge in [-0.3, -0.25) is 0 Å². The van der Waals surface area contributed by atoms with Gasteiger partial charge in [0.25, 0.3) is 0 Å². The van der Waals surface area contributed by atoms with E-state index in [2.05, 4.69) is 0 Å². The van der Waals surface area contributed by atoms with Gasteiger partial charge in [-0.05, 0) is 57.0 Å². The highest BCUT2D eigenvalue weighted by atomic mass is 16.8. The highest BCUT2D eigenvalue weighted by molar-refractivity contribution is 5.97. The van der Waals surface area contributed by atoms with Gasteiger partial charge in [0.2, 0.25) is 0 Å². The van der Waals surface area contributed by atoms with Crippen LogP contribution < -0.4 is 4.74 Å². The fourth-order valence-electron chi connectivity index (χ4n) is 4.62. The van der Waals surface area contributed by atoms with E-state index in [4.69, 9.17) is 28.4 Å². The van der Waals surface area contributed by atoms with Crippen LogP contribution in [-0.4, -0.2) is 61.2 Å². The van der Waals surface area contributed by atoms with Crippen molar-refractivity contribution in [3.8, 4) is 11.5 Å². The number of phenols is 1. The Morgan fingerprint density at radius 1 is 1.10 bits per heavy atom. The molecule has 0 aromatic heterocycles. The molecule has 0 bridgehead atoms. The molecule has 1 N–H and O–H groups in total. The first-order valence-corrected chi connectivity index (χ1v) is 13.2. The number of fused-ring (bicyclic) bond motifs is 2. The molecule has 2 aromatic carbocycles. The van der Waals surface area contributed by atoms with E-state index in [0.717, 1.165) is 0 Å². The van der Waals surface area contributed by atoms with Gasteiger partial charge in [0, 0.05) is 19.1 Å². The quantitative estimate of drug-likeness (QED) is 0.301. The average Bonchev–Trinajstić information content (AvgIpc) is 3.22. The molecule has 1 fully saturated rings. The lowest BCUT2D eigenvalue weighted by molar-refractivity contribution is -0.152. The molecular weight excluding hydrogens is 516 g/mol. The monoisotopic (exact) mass is 552 g/mol. The second kappa shape index (κ2) is 12.7. The number of hydrogen-bond donors (Lipinski definition) is 1. The molecule has 9 heteroatoms. The summed E-state index contributed by atoms with van der Waals surface area (Å²) in [5.74, 6) is -2.21. The summed E-state index contributed by atoms with van der Waals surface area (Å²) in [7, 11) is 1.46. The molecule has 5 atom stereocenters. The second-order valence-corrected chi connectivity index (χ2v) is 10.3. The maximum absolute atomic E-state index is 13.4. The molecule has 1 saturated heterocycles.